The highest BCUT2D eigenvalue weighted by Gasteiger charge is 2.32. The first-order chi connectivity index (χ1) is 18.8. The molecule has 40 heavy (non-hydrogen) atoms. The molecule has 2 aromatic rings. The van der Waals surface area contributed by atoms with Gasteiger partial charge in [-0.2, -0.15) is 13.2 Å². The second-order valence-electron chi connectivity index (χ2n) is 11.2. The average Bonchev–Trinajstić information content (AvgIpc) is 3.08. The van der Waals surface area contributed by atoms with E-state index in [1.165, 1.54) is 68.2 Å². The maximum atomic E-state index is 11.7. The summed E-state index contributed by atoms with van der Waals surface area (Å²) < 4.78 is 44.9. The zero-order chi connectivity index (χ0) is 30.3. The minimum Gasteiger partial charge on any atom is -0.484 e. The van der Waals surface area contributed by atoms with Gasteiger partial charge in [0, 0.05) is 17.7 Å². The van der Waals surface area contributed by atoms with Crippen molar-refractivity contribution >= 4 is 11.6 Å². The molecule has 0 heterocycles. The summed E-state index contributed by atoms with van der Waals surface area (Å²) in [6, 6.07) is 12.4. The van der Waals surface area contributed by atoms with Crippen molar-refractivity contribution in [3.8, 4) is 5.75 Å². The number of halogens is 4. The maximum absolute atomic E-state index is 11.7. The highest BCUT2D eigenvalue weighted by atomic mass is 35.5. The van der Waals surface area contributed by atoms with Gasteiger partial charge < -0.3 is 9.47 Å². The van der Waals surface area contributed by atoms with Crippen LogP contribution in [0.1, 0.15) is 102 Å². The fourth-order valence-electron chi connectivity index (χ4n) is 5.29. The van der Waals surface area contributed by atoms with Gasteiger partial charge in [-0.25, -0.2) is 0 Å². The van der Waals surface area contributed by atoms with Crippen LogP contribution < -0.4 is 4.74 Å². The summed E-state index contributed by atoms with van der Waals surface area (Å²) in [6.07, 6.45) is 6.48. The second kappa shape index (κ2) is 17.7. The Balaban J connectivity index is 0.000000300. The van der Waals surface area contributed by atoms with E-state index in [4.69, 9.17) is 16.3 Å². The van der Waals surface area contributed by atoms with E-state index < -0.39 is 12.8 Å². The largest absolute Gasteiger partial charge is 0.484 e. The van der Waals surface area contributed by atoms with Gasteiger partial charge in [-0.1, -0.05) is 93.6 Å². The molecule has 6 heteroatoms. The molecule has 1 fully saturated rings. The van der Waals surface area contributed by atoms with E-state index in [9.17, 15) is 13.2 Å². The Hall–Kier alpha value is -1.98. The van der Waals surface area contributed by atoms with Crippen molar-refractivity contribution in [3.63, 3.8) is 0 Å². The molecule has 0 spiro atoms. The van der Waals surface area contributed by atoms with Gasteiger partial charge in [0.2, 0.25) is 0 Å². The number of rotatable bonds is 8. The minimum absolute atomic E-state index is 0.119. The van der Waals surface area contributed by atoms with Crippen LogP contribution in [0.2, 0.25) is 5.02 Å². The number of hydrogen-bond acceptors (Lipinski definition) is 2. The van der Waals surface area contributed by atoms with Gasteiger partial charge in [-0.05, 0) is 88.0 Å². The Morgan fingerprint density at radius 1 is 1.07 bits per heavy atom. The van der Waals surface area contributed by atoms with E-state index in [-0.39, 0.29) is 11.9 Å². The third kappa shape index (κ3) is 12.7. The van der Waals surface area contributed by atoms with Crippen molar-refractivity contribution in [2.24, 2.45) is 11.3 Å². The predicted molar refractivity (Wildman–Crippen MR) is 163 cm³/mol. The van der Waals surface area contributed by atoms with E-state index in [2.05, 4.69) is 52.0 Å². The van der Waals surface area contributed by atoms with Crippen LogP contribution in [0.3, 0.4) is 0 Å². The van der Waals surface area contributed by atoms with Crippen LogP contribution in [-0.4, -0.2) is 19.9 Å². The first kappa shape index (κ1) is 36.0. The molecule has 1 saturated carbocycles. The molecule has 0 radical (unpaired) electrons. The number of ether oxygens (including phenoxy) is 2. The van der Waals surface area contributed by atoms with Crippen molar-refractivity contribution in [2.75, 3.05) is 13.7 Å². The van der Waals surface area contributed by atoms with Crippen LogP contribution in [0.5, 0.6) is 5.75 Å². The lowest BCUT2D eigenvalue weighted by Crippen LogP contribution is -2.20. The predicted octanol–water partition coefficient (Wildman–Crippen LogP) is 11.6. The van der Waals surface area contributed by atoms with Crippen molar-refractivity contribution in [1.29, 1.82) is 0 Å². The molecule has 0 bridgehead atoms. The number of benzene rings is 2. The molecule has 0 aliphatic heterocycles. The summed E-state index contributed by atoms with van der Waals surface area (Å²) in [4.78, 5) is 0. The van der Waals surface area contributed by atoms with Crippen molar-refractivity contribution in [1.82, 2.24) is 0 Å². The van der Waals surface area contributed by atoms with Gasteiger partial charge in [0.25, 0.3) is 0 Å². The summed E-state index contributed by atoms with van der Waals surface area (Å²) in [6.45, 7) is 16.0. The van der Waals surface area contributed by atoms with Crippen LogP contribution in [0.15, 0.2) is 54.6 Å². The minimum atomic E-state index is -4.27. The molecule has 0 amide bonds. The average molecular weight is 583 g/mol. The summed E-state index contributed by atoms with van der Waals surface area (Å²) >= 11 is 6.10. The van der Waals surface area contributed by atoms with Gasteiger partial charge in [-0.3, -0.25) is 0 Å². The molecule has 0 N–H and O–H groups in total. The Morgan fingerprint density at radius 2 is 1.73 bits per heavy atom. The number of hydrogen-bond donors (Lipinski definition) is 0. The second-order valence-corrected chi connectivity index (χ2v) is 11.6. The van der Waals surface area contributed by atoms with Gasteiger partial charge in [-0.15, -0.1) is 0 Å². The smallest absolute Gasteiger partial charge is 0.422 e. The van der Waals surface area contributed by atoms with E-state index in [1.807, 2.05) is 19.1 Å². The van der Waals surface area contributed by atoms with Crippen molar-refractivity contribution in [3.05, 3.63) is 76.3 Å². The number of allylic oxidation sites excluding steroid dienone is 1. The van der Waals surface area contributed by atoms with Crippen molar-refractivity contribution < 1.29 is 22.6 Å². The molecule has 0 saturated heterocycles. The molecule has 3 unspecified atom stereocenters. The third-order valence-electron chi connectivity index (χ3n) is 7.77. The zero-order valence-corrected chi connectivity index (χ0v) is 26.4. The molecule has 3 atom stereocenters. The topological polar surface area (TPSA) is 18.5 Å². The molecule has 0 aromatic heterocycles. The first-order valence-corrected chi connectivity index (χ1v) is 14.9. The van der Waals surface area contributed by atoms with Gasteiger partial charge >= 0.3 is 6.18 Å². The lowest BCUT2D eigenvalue weighted by molar-refractivity contribution is -0.153. The lowest BCUT2D eigenvalue weighted by Gasteiger charge is -2.33. The lowest BCUT2D eigenvalue weighted by atomic mass is 9.72. The van der Waals surface area contributed by atoms with Crippen LogP contribution in [0, 0.1) is 25.2 Å². The Morgan fingerprint density at radius 3 is 2.23 bits per heavy atom. The standard InChI is InChI=1S/C14H26.C11H15ClO.C9H9F3O/c1-5-9-14(12(2)3)10-6-7-13(4)8-11-14;1-4-10(13-3)11-8(2)6-5-7-9(11)12;1-7-2-4-8(5-3-7)13-6-9(10,11)12/h13H,2,5-11H2,1,3-4H3;5-7,10H,4H2,1-3H3;2-5H,6H2,1H3. The first-order valence-electron chi connectivity index (χ1n) is 14.5. The summed E-state index contributed by atoms with van der Waals surface area (Å²) in [5.41, 5.74) is 5.24. The third-order valence-corrected chi connectivity index (χ3v) is 8.10. The van der Waals surface area contributed by atoms with E-state index in [0.29, 0.717) is 5.41 Å². The molecule has 1 aliphatic carbocycles. The monoisotopic (exact) mass is 582 g/mol. The summed E-state index contributed by atoms with van der Waals surface area (Å²) in [5, 5.41) is 0.800. The number of methoxy groups -OCH3 is 1. The van der Waals surface area contributed by atoms with Gasteiger partial charge in [0.1, 0.15) is 5.75 Å². The highest BCUT2D eigenvalue weighted by molar-refractivity contribution is 6.31. The van der Waals surface area contributed by atoms with Crippen LogP contribution in [-0.2, 0) is 4.74 Å². The highest BCUT2D eigenvalue weighted by Crippen LogP contribution is 2.45. The number of alkyl halides is 3. The summed E-state index contributed by atoms with van der Waals surface area (Å²) in [5.74, 6) is 1.18. The zero-order valence-electron chi connectivity index (χ0n) is 25.6. The normalized spacial score (nSPS) is 19.7. The van der Waals surface area contributed by atoms with Crippen LogP contribution in [0.25, 0.3) is 0 Å². The number of aryl methyl sites for hydroxylation is 2. The Bertz CT molecular complexity index is 979. The quantitative estimate of drug-likeness (QED) is 0.227. The Kier molecular flexibility index (Phi) is 16.0. The molecule has 1 aliphatic rings. The molecular formula is C34H50ClF3O2. The van der Waals surface area contributed by atoms with Crippen LogP contribution in [0.4, 0.5) is 13.2 Å². The molecular weight excluding hydrogens is 533 g/mol. The molecule has 2 aromatic carbocycles. The SMILES string of the molecule is C=C(C)C1(CCC)CCCC(C)CC1.CCC(OC)c1c(C)cccc1Cl.Cc1ccc(OCC(F)(F)F)cc1. The Labute approximate surface area is 246 Å². The van der Waals surface area contributed by atoms with E-state index in [1.54, 1.807) is 19.2 Å². The van der Waals surface area contributed by atoms with Crippen LogP contribution >= 0.6 is 11.6 Å². The fourth-order valence-corrected chi connectivity index (χ4v) is 5.63. The van der Waals surface area contributed by atoms with Crippen molar-refractivity contribution in [2.45, 2.75) is 105 Å². The summed E-state index contributed by atoms with van der Waals surface area (Å²) in [7, 11) is 1.72. The molecule has 3 rings (SSSR count). The molecule has 2 nitrogen and oxygen atoms in total. The fraction of sp³-hybridized carbons (Fsp3) is 0.588. The van der Waals surface area contributed by atoms with E-state index in [0.717, 1.165) is 28.5 Å². The molecule has 226 valence electrons. The van der Waals surface area contributed by atoms with Gasteiger partial charge in [0.05, 0.1) is 6.10 Å². The maximum Gasteiger partial charge on any atom is 0.422 e. The van der Waals surface area contributed by atoms with E-state index >= 15 is 0 Å². The van der Waals surface area contributed by atoms with Gasteiger partial charge in [0.15, 0.2) is 6.61 Å².